The van der Waals surface area contributed by atoms with Crippen LogP contribution in [0.5, 0.6) is 0 Å². The van der Waals surface area contributed by atoms with Crippen molar-refractivity contribution in [3.8, 4) is 0 Å². The van der Waals surface area contributed by atoms with Gasteiger partial charge in [0, 0.05) is 6.42 Å². The van der Waals surface area contributed by atoms with E-state index in [0.717, 1.165) is 25.7 Å². The Kier molecular flexibility index (Phi) is 7.06. The van der Waals surface area contributed by atoms with Crippen LogP contribution in [0.25, 0.3) is 0 Å². The van der Waals surface area contributed by atoms with Crippen LogP contribution in [-0.4, -0.2) is 28.9 Å². The van der Waals surface area contributed by atoms with Crippen molar-refractivity contribution in [1.29, 1.82) is 0 Å². The average Bonchev–Trinajstić information content (AvgIpc) is 2.38. The van der Waals surface area contributed by atoms with Gasteiger partial charge < -0.3 is 10.4 Å². The van der Waals surface area contributed by atoms with Crippen LogP contribution in [0.2, 0.25) is 0 Å². The summed E-state index contributed by atoms with van der Waals surface area (Å²) in [5, 5.41) is 12.8. The van der Waals surface area contributed by atoms with E-state index in [0.29, 0.717) is 12.3 Å². The maximum atomic E-state index is 11.7. The second-order valence-electron chi connectivity index (χ2n) is 5.72. The first-order chi connectivity index (χ1) is 9.04. The second-order valence-corrected chi connectivity index (χ2v) is 5.72. The monoisotopic (exact) mass is 269 g/mol. The Labute approximate surface area is 116 Å². The molecule has 0 aromatic carbocycles. The van der Waals surface area contributed by atoms with Crippen LogP contribution in [0.1, 0.15) is 65.2 Å². The molecule has 1 aliphatic rings. The average molecular weight is 269 g/mol. The van der Waals surface area contributed by atoms with E-state index in [9.17, 15) is 14.7 Å². The Bertz CT molecular complexity index is 298. The van der Waals surface area contributed by atoms with Crippen LogP contribution in [0.15, 0.2) is 0 Å². The van der Waals surface area contributed by atoms with Crippen molar-refractivity contribution in [2.45, 2.75) is 77.4 Å². The SMILES string of the molecule is CCCC(=O)N[C@@H](CC1CCCCC1)[C@@H](O)C(C)=O. The molecule has 110 valence electrons. The topological polar surface area (TPSA) is 66.4 Å². The summed E-state index contributed by atoms with van der Waals surface area (Å²) < 4.78 is 0. The van der Waals surface area contributed by atoms with Gasteiger partial charge in [0.05, 0.1) is 6.04 Å². The third kappa shape index (κ3) is 5.72. The highest BCUT2D eigenvalue weighted by Gasteiger charge is 2.28. The molecule has 1 fully saturated rings. The maximum Gasteiger partial charge on any atom is 0.220 e. The van der Waals surface area contributed by atoms with E-state index in [1.807, 2.05) is 6.92 Å². The number of amides is 1. The van der Waals surface area contributed by atoms with Crippen molar-refractivity contribution in [3.63, 3.8) is 0 Å². The maximum absolute atomic E-state index is 11.7. The zero-order valence-electron chi connectivity index (χ0n) is 12.2. The number of hydrogen-bond acceptors (Lipinski definition) is 3. The lowest BCUT2D eigenvalue weighted by Crippen LogP contribution is -2.47. The van der Waals surface area contributed by atoms with Gasteiger partial charge in [-0.05, 0) is 25.7 Å². The smallest absolute Gasteiger partial charge is 0.220 e. The van der Waals surface area contributed by atoms with E-state index in [2.05, 4.69) is 5.32 Å². The van der Waals surface area contributed by atoms with E-state index in [1.165, 1.54) is 26.2 Å². The fourth-order valence-electron chi connectivity index (χ4n) is 2.84. The minimum Gasteiger partial charge on any atom is -0.383 e. The fraction of sp³-hybridized carbons (Fsp3) is 0.867. The molecule has 0 bridgehead atoms. The largest absolute Gasteiger partial charge is 0.383 e. The zero-order valence-corrected chi connectivity index (χ0v) is 12.2. The van der Waals surface area contributed by atoms with E-state index < -0.39 is 12.1 Å². The molecule has 0 aliphatic heterocycles. The molecule has 19 heavy (non-hydrogen) atoms. The molecule has 0 aromatic heterocycles. The van der Waals surface area contributed by atoms with E-state index in [4.69, 9.17) is 0 Å². The Morgan fingerprint density at radius 3 is 2.42 bits per heavy atom. The number of rotatable bonds is 7. The van der Waals surface area contributed by atoms with Gasteiger partial charge in [0.1, 0.15) is 6.10 Å². The molecule has 0 heterocycles. The Morgan fingerprint density at radius 2 is 1.89 bits per heavy atom. The minimum absolute atomic E-state index is 0.0661. The summed E-state index contributed by atoms with van der Waals surface area (Å²) in [5.74, 6) is 0.191. The van der Waals surface area contributed by atoms with Crippen LogP contribution in [-0.2, 0) is 9.59 Å². The highest BCUT2D eigenvalue weighted by Crippen LogP contribution is 2.28. The number of nitrogens with one attached hydrogen (secondary N) is 1. The van der Waals surface area contributed by atoms with Gasteiger partial charge >= 0.3 is 0 Å². The number of Topliss-reactive ketones (excluding diaryl/α,β-unsaturated/α-hetero) is 1. The molecule has 2 N–H and O–H groups in total. The lowest BCUT2D eigenvalue weighted by molar-refractivity contribution is -0.129. The summed E-state index contributed by atoms with van der Waals surface area (Å²) in [6.45, 7) is 3.32. The number of aliphatic hydroxyl groups excluding tert-OH is 1. The highest BCUT2D eigenvalue weighted by molar-refractivity contribution is 5.82. The summed E-state index contributed by atoms with van der Waals surface area (Å²) in [6.07, 6.45) is 6.88. The van der Waals surface area contributed by atoms with Crippen LogP contribution in [0, 0.1) is 5.92 Å². The summed E-state index contributed by atoms with van der Waals surface area (Å²) >= 11 is 0. The number of ketones is 1. The fourth-order valence-corrected chi connectivity index (χ4v) is 2.84. The predicted molar refractivity (Wildman–Crippen MR) is 74.7 cm³/mol. The van der Waals surface area contributed by atoms with Crippen molar-refractivity contribution < 1.29 is 14.7 Å². The number of carbonyl (C=O) groups is 2. The first-order valence-corrected chi connectivity index (χ1v) is 7.52. The number of hydrogen-bond donors (Lipinski definition) is 2. The molecule has 2 atom stereocenters. The molecule has 0 aromatic rings. The minimum atomic E-state index is -1.07. The third-order valence-corrected chi connectivity index (χ3v) is 3.93. The molecular weight excluding hydrogens is 242 g/mol. The molecule has 0 spiro atoms. The van der Waals surface area contributed by atoms with E-state index >= 15 is 0 Å². The van der Waals surface area contributed by atoms with Crippen LogP contribution >= 0.6 is 0 Å². The molecule has 0 unspecified atom stereocenters. The quantitative estimate of drug-likeness (QED) is 0.744. The molecule has 1 aliphatic carbocycles. The number of carbonyl (C=O) groups excluding carboxylic acids is 2. The van der Waals surface area contributed by atoms with Gasteiger partial charge in [0.25, 0.3) is 0 Å². The van der Waals surface area contributed by atoms with Crippen molar-refractivity contribution in [2.24, 2.45) is 5.92 Å². The summed E-state index contributed by atoms with van der Waals surface area (Å²) in [6, 6.07) is -0.417. The van der Waals surface area contributed by atoms with Crippen molar-refractivity contribution in [2.75, 3.05) is 0 Å². The molecule has 1 rings (SSSR count). The van der Waals surface area contributed by atoms with Gasteiger partial charge in [0.2, 0.25) is 5.91 Å². The van der Waals surface area contributed by atoms with E-state index in [1.54, 1.807) is 0 Å². The Hall–Kier alpha value is -0.900. The van der Waals surface area contributed by atoms with E-state index in [-0.39, 0.29) is 11.7 Å². The van der Waals surface area contributed by atoms with Crippen LogP contribution in [0.3, 0.4) is 0 Å². The summed E-state index contributed by atoms with van der Waals surface area (Å²) in [7, 11) is 0. The van der Waals surface area contributed by atoms with Gasteiger partial charge in [-0.1, -0.05) is 39.0 Å². The second kappa shape index (κ2) is 8.31. The van der Waals surface area contributed by atoms with Gasteiger partial charge in [-0.15, -0.1) is 0 Å². The molecule has 0 saturated heterocycles. The Morgan fingerprint density at radius 1 is 1.26 bits per heavy atom. The summed E-state index contributed by atoms with van der Waals surface area (Å²) in [4.78, 5) is 23.1. The van der Waals surface area contributed by atoms with Gasteiger partial charge in [0.15, 0.2) is 5.78 Å². The van der Waals surface area contributed by atoms with Gasteiger partial charge in [-0.3, -0.25) is 9.59 Å². The molecule has 1 amide bonds. The zero-order chi connectivity index (χ0) is 14.3. The molecule has 0 radical (unpaired) electrons. The molecular formula is C15H27NO3. The summed E-state index contributed by atoms with van der Waals surface area (Å²) in [5.41, 5.74) is 0. The standard InChI is InChI=1S/C15H27NO3/c1-3-7-14(18)16-13(15(19)11(2)17)10-12-8-5-4-6-9-12/h12-13,15,19H,3-10H2,1-2H3,(H,16,18)/t13-,15-/m0/s1. The van der Waals surface area contributed by atoms with Gasteiger partial charge in [-0.25, -0.2) is 0 Å². The predicted octanol–water partition coefficient (Wildman–Crippen LogP) is 2.19. The van der Waals surface area contributed by atoms with Crippen LogP contribution < -0.4 is 5.32 Å². The van der Waals surface area contributed by atoms with Crippen molar-refractivity contribution >= 4 is 11.7 Å². The lowest BCUT2D eigenvalue weighted by atomic mass is 9.83. The highest BCUT2D eigenvalue weighted by atomic mass is 16.3. The normalized spacial score (nSPS) is 19.7. The molecule has 4 heteroatoms. The third-order valence-electron chi connectivity index (χ3n) is 3.93. The van der Waals surface area contributed by atoms with Crippen LogP contribution in [0.4, 0.5) is 0 Å². The van der Waals surface area contributed by atoms with Gasteiger partial charge in [-0.2, -0.15) is 0 Å². The molecule has 4 nitrogen and oxygen atoms in total. The molecule has 1 saturated carbocycles. The van der Waals surface area contributed by atoms with Crippen molar-refractivity contribution in [1.82, 2.24) is 5.32 Å². The first-order valence-electron chi connectivity index (χ1n) is 7.52. The first kappa shape index (κ1) is 16.2. The lowest BCUT2D eigenvalue weighted by Gasteiger charge is -2.29. The van der Waals surface area contributed by atoms with Crippen molar-refractivity contribution in [3.05, 3.63) is 0 Å². The Balaban J connectivity index is 2.57. The number of aliphatic hydroxyl groups is 1.